The Labute approximate surface area is 137 Å². The molecule has 1 aliphatic carbocycles. The number of carbonyl (C=O) groups excluding carboxylic acids is 1. The SMILES string of the molecule is CO[C@@H]1CCC[C@H]1[C@@H]1COCCN1Cc1cccc(C(N)=O)c1. The second-order valence-corrected chi connectivity index (χ2v) is 6.55. The van der Waals surface area contributed by atoms with E-state index in [-0.39, 0.29) is 5.91 Å². The summed E-state index contributed by atoms with van der Waals surface area (Å²) in [6, 6.07) is 8.01. The van der Waals surface area contributed by atoms with Gasteiger partial charge in [-0.05, 0) is 30.5 Å². The second kappa shape index (κ2) is 7.43. The molecule has 2 fully saturated rings. The molecule has 1 amide bonds. The minimum absolute atomic E-state index is 0.334. The normalized spacial score (nSPS) is 28.8. The maximum Gasteiger partial charge on any atom is 0.248 e. The van der Waals surface area contributed by atoms with Gasteiger partial charge in [0.2, 0.25) is 5.91 Å². The van der Waals surface area contributed by atoms with E-state index in [0.717, 1.165) is 38.3 Å². The van der Waals surface area contributed by atoms with E-state index in [2.05, 4.69) is 11.0 Å². The first-order valence-electron chi connectivity index (χ1n) is 8.42. The zero-order chi connectivity index (χ0) is 16.2. The lowest BCUT2D eigenvalue weighted by Gasteiger charge is -2.40. The molecule has 1 heterocycles. The average molecular weight is 318 g/mol. The zero-order valence-electron chi connectivity index (χ0n) is 13.7. The Hall–Kier alpha value is -1.43. The Bertz CT molecular complexity index is 549. The van der Waals surface area contributed by atoms with Crippen molar-refractivity contribution in [2.24, 2.45) is 11.7 Å². The molecule has 0 radical (unpaired) electrons. The lowest BCUT2D eigenvalue weighted by Crippen LogP contribution is -2.50. The molecular weight excluding hydrogens is 292 g/mol. The van der Waals surface area contributed by atoms with Crippen LogP contribution in [0, 0.1) is 5.92 Å². The molecule has 1 aromatic carbocycles. The summed E-state index contributed by atoms with van der Waals surface area (Å²) in [5, 5.41) is 0. The topological polar surface area (TPSA) is 64.8 Å². The largest absolute Gasteiger partial charge is 0.381 e. The van der Waals surface area contributed by atoms with E-state index in [4.69, 9.17) is 15.2 Å². The number of hydrogen-bond acceptors (Lipinski definition) is 4. The van der Waals surface area contributed by atoms with E-state index in [1.165, 1.54) is 12.8 Å². The molecule has 3 rings (SSSR count). The second-order valence-electron chi connectivity index (χ2n) is 6.55. The van der Waals surface area contributed by atoms with E-state index < -0.39 is 0 Å². The van der Waals surface area contributed by atoms with Crippen LogP contribution in [-0.2, 0) is 16.0 Å². The Morgan fingerprint density at radius 2 is 2.30 bits per heavy atom. The fourth-order valence-corrected chi connectivity index (χ4v) is 3.99. The van der Waals surface area contributed by atoms with Crippen LogP contribution in [0.15, 0.2) is 24.3 Å². The summed E-state index contributed by atoms with van der Waals surface area (Å²) in [6.07, 6.45) is 3.90. The van der Waals surface area contributed by atoms with Gasteiger partial charge >= 0.3 is 0 Å². The van der Waals surface area contributed by atoms with Crippen LogP contribution in [0.25, 0.3) is 0 Å². The molecule has 1 aromatic rings. The quantitative estimate of drug-likeness (QED) is 0.899. The maximum absolute atomic E-state index is 11.4. The molecule has 2 N–H and O–H groups in total. The highest BCUT2D eigenvalue weighted by atomic mass is 16.5. The summed E-state index contributed by atoms with van der Waals surface area (Å²) in [5.41, 5.74) is 7.09. The number of primary amides is 1. The number of rotatable bonds is 5. The summed E-state index contributed by atoms with van der Waals surface area (Å²) < 4.78 is 11.4. The summed E-state index contributed by atoms with van der Waals surface area (Å²) in [7, 11) is 1.81. The molecule has 2 aliphatic rings. The van der Waals surface area contributed by atoms with E-state index in [1.807, 2.05) is 19.2 Å². The van der Waals surface area contributed by atoms with Crippen molar-refractivity contribution < 1.29 is 14.3 Å². The fourth-order valence-electron chi connectivity index (χ4n) is 3.99. The Morgan fingerprint density at radius 3 is 3.09 bits per heavy atom. The fraction of sp³-hybridized carbons (Fsp3) is 0.611. The lowest BCUT2D eigenvalue weighted by atomic mass is 9.93. The molecule has 126 valence electrons. The third-order valence-corrected chi connectivity index (χ3v) is 5.18. The highest BCUT2D eigenvalue weighted by Crippen LogP contribution is 2.34. The van der Waals surface area contributed by atoms with E-state index in [9.17, 15) is 4.79 Å². The third-order valence-electron chi connectivity index (χ3n) is 5.18. The van der Waals surface area contributed by atoms with E-state index >= 15 is 0 Å². The molecule has 0 unspecified atom stereocenters. The van der Waals surface area contributed by atoms with Crippen LogP contribution in [-0.4, -0.2) is 49.8 Å². The van der Waals surface area contributed by atoms with Gasteiger partial charge in [0, 0.05) is 37.7 Å². The van der Waals surface area contributed by atoms with Gasteiger partial charge in [0.25, 0.3) is 0 Å². The number of morpholine rings is 1. The summed E-state index contributed by atoms with van der Waals surface area (Å²) in [5.74, 6) is 0.153. The third kappa shape index (κ3) is 3.74. The number of nitrogens with two attached hydrogens (primary N) is 1. The number of nitrogens with zero attached hydrogens (tertiary/aromatic N) is 1. The van der Waals surface area contributed by atoms with Gasteiger partial charge in [0.15, 0.2) is 0 Å². The van der Waals surface area contributed by atoms with Gasteiger partial charge in [-0.2, -0.15) is 0 Å². The molecule has 1 saturated heterocycles. The van der Waals surface area contributed by atoms with Crippen molar-refractivity contribution in [1.29, 1.82) is 0 Å². The van der Waals surface area contributed by atoms with Crippen molar-refractivity contribution in [3.05, 3.63) is 35.4 Å². The Balaban J connectivity index is 1.74. The van der Waals surface area contributed by atoms with Crippen molar-refractivity contribution in [2.75, 3.05) is 26.9 Å². The molecular formula is C18H26N2O3. The van der Waals surface area contributed by atoms with Gasteiger partial charge in [0.1, 0.15) is 0 Å². The zero-order valence-corrected chi connectivity index (χ0v) is 13.7. The van der Waals surface area contributed by atoms with Gasteiger partial charge < -0.3 is 15.2 Å². The van der Waals surface area contributed by atoms with Gasteiger partial charge in [0.05, 0.1) is 19.3 Å². The van der Waals surface area contributed by atoms with Crippen molar-refractivity contribution in [3.8, 4) is 0 Å². The van der Waals surface area contributed by atoms with Crippen LogP contribution in [0.4, 0.5) is 0 Å². The average Bonchev–Trinajstić information content (AvgIpc) is 3.04. The highest BCUT2D eigenvalue weighted by Gasteiger charge is 2.38. The van der Waals surface area contributed by atoms with Gasteiger partial charge in [-0.3, -0.25) is 9.69 Å². The summed E-state index contributed by atoms with van der Waals surface area (Å²) >= 11 is 0. The minimum Gasteiger partial charge on any atom is -0.381 e. The number of methoxy groups -OCH3 is 1. The maximum atomic E-state index is 11.4. The van der Waals surface area contributed by atoms with Crippen LogP contribution in [0.5, 0.6) is 0 Å². The predicted octanol–water partition coefficient (Wildman–Crippen LogP) is 1.80. The monoisotopic (exact) mass is 318 g/mol. The standard InChI is InChI=1S/C18H26N2O3/c1-22-17-7-3-6-15(17)16-12-23-9-8-20(16)11-13-4-2-5-14(10-13)18(19)21/h2,4-5,10,15-17H,3,6-9,11-12H2,1H3,(H2,19,21)/t15-,16-,17+/m0/s1. The summed E-state index contributed by atoms with van der Waals surface area (Å²) in [4.78, 5) is 13.9. The molecule has 1 aliphatic heterocycles. The van der Waals surface area contributed by atoms with Crippen LogP contribution < -0.4 is 5.73 Å². The summed E-state index contributed by atoms with van der Waals surface area (Å²) in [6.45, 7) is 3.26. The number of ether oxygens (including phenoxy) is 2. The molecule has 3 atom stereocenters. The van der Waals surface area contributed by atoms with E-state index in [0.29, 0.717) is 23.6 Å². The molecule has 1 saturated carbocycles. The number of amides is 1. The van der Waals surface area contributed by atoms with Crippen molar-refractivity contribution in [3.63, 3.8) is 0 Å². The van der Waals surface area contributed by atoms with Crippen LogP contribution >= 0.6 is 0 Å². The predicted molar refractivity (Wildman–Crippen MR) is 88.1 cm³/mol. The van der Waals surface area contributed by atoms with Gasteiger partial charge in [-0.1, -0.05) is 18.6 Å². The number of carbonyl (C=O) groups is 1. The first kappa shape index (κ1) is 16.4. The van der Waals surface area contributed by atoms with Crippen molar-refractivity contribution >= 4 is 5.91 Å². The van der Waals surface area contributed by atoms with Crippen LogP contribution in [0.2, 0.25) is 0 Å². The highest BCUT2D eigenvalue weighted by molar-refractivity contribution is 5.92. The Kier molecular flexibility index (Phi) is 5.30. The van der Waals surface area contributed by atoms with Crippen LogP contribution in [0.1, 0.15) is 35.2 Å². The van der Waals surface area contributed by atoms with Crippen LogP contribution in [0.3, 0.4) is 0 Å². The first-order valence-corrected chi connectivity index (χ1v) is 8.42. The van der Waals surface area contributed by atoms with Crippen molar-refractivity contribution in [2.45, 2.75) is 38.0 Å². The molecule has 0 bridgehead atoms. The van der Waals surface area contributed by atoms with Gasteiger partial charge in [-0.25, -0.2) is 0 Å². The Morgan fingerprint density at radius 1 is 1.43 bits per heavy atom. The van der Waals surface area contributed by atoms with E-state index in [1.54, 1.807) is 6.07 Å². The van der Waals surface area contributed by atoms with Crippen molar-refractivity contribution in [1.82, 2.24) is 4.90 Å². The molecule has 0 aromatic heterocycles. The lowest BCUT2D eigenvalue weighted by molar-refractivity contribution is -0.0608. The minimum atomic E-state index is -0.374. The molecule has 0 spiro atoms. The van der Waals surface area contributed by atoms with Gasteiger partial charge in [-0.15, -0.1) is 0 Å². The number of hydrogen-bond donors (Lipinski definition) is 1. The molecule has 23 heavy (non-hydrogen) atoms. The molecule has 5 nitrogen and oxygen atoms in total. The number of benzene rings is 1. The molecule has 5 heteroatoms. The smallest absolute Gasteiger partial charge is 0.248 e. The first-order chi connectivity index (χ1) is 11.2.